The topological polar surface area (TPSA) is 117 Å². The summed E-state index contributed by atoms with van der Waals surface area (Å²) >= 11 is 7.33. The fraction of sp³-hybridized carbons (Fsp3) is 0.148. The largest absolute Gasteiger partial charge is 0.463 e. The summed E-state index contributed by atoms with van der Waals surface area (Å²) in [7, 11) is 0. The summed E-state index contributed by atoms with van der Waals surface area (Å²) in [6, 6.07) is 11.9. The molecular formula is C27H19ClFN3O6S. The number of allylic oxidation sites excluding steroid dienone is 1. The van der Waals surface area contributed by atoms with Crippen LogP contribution < -0.4 is 14.9 Å². The second-order valence-electron chi connectivity index (χ2n) is 8.48. The minimum absolute atomic E-state index is 0.131. The summed E-state index contributed by atoms with van der Waals surface area (Å²) in [6.07, 6.45) is 1.52. The molecule has 12 heteroatoms. The van der Waals surface area contributed by atoms with Crippen molar-refractivity contribution in [2.45, 2.75) is 19.9 Å². The van der Waals surface area contributed by atoms with E-state index < -0.39 is 28.3 Å². The van der Waals surface area contributed by atoms with Gasteiger partial charge in [-0.25, -0.2) is 14.2 Å². The first-order valence-electron chi connectivity index (χ1n) is 11.7. The van der Waals surface area contributed by atoms with E-state index in [0.29, 0.717) is 27.4 Å². The summed E-state index contributed by atoms with van der Waals surface area (Å²) in [6.45, 7) is 3.46. The molecular weight excluding hydrogens is 549 g/mol. The van der Waals surface area contributed by atoms with Crippen molar-refractivity contribution in [2.24, 2.45) is 4.99 Å². The quantitative estimate of drug-likeness (QED) is 0.188. The second-order valence-corrected chi connectivity index (χ2v) is 9.89. The molecule has 198 valence electrons. The Kier molecular flexibility index (Phi) is 7.02. The van der Waals surface area contributed by atoms with Crippen molar-refractivity contribution in [3.05, 3.63) is 118 Å². The van der Waals surface area contributed by atoms with Crippen LogP contribution in [0, 0.1) is 15.9 Å². The van der Waals surface area contributed by atoms with Crippen molar-refractivity contribution < 1.29 is 23.3 Å². The van der Waals surface area contributed by atoms with E-state index in [0.717, 1.165) is 11.3 Å². The number of non-ortho nitro benzene ring substituents is 1. The third kappa shape index (κ3) is 4.93. The molecule has 1 aliphatic heterocycles. The normalized spacial score (nSPS) is 15.2. The molecule has 0 amide bonds. The third-order valence-electron chi connectivity index (χ3n) is 6.03. The number of thiazole rings is 1. The summed E-state index contributed by atoms with van der Waals surface area (Å²) in [5.74, 6) is -0.487. The third-order valence-corrected chi connectivity index (χ3v) is 7.34. The monoisotopic (exact) mass is 567 g/mol. The Hall–Kier alpha value is -4.35. The highest BCUT2D eigenvalue weighted by atomic mass is 35.5. The van der Waals surface area contributed by atoms with E-state index in [1.165, 1.54) is 53.1 Å². The molecule has 1 atom stereocenters. The van der Waals surface area contributed by atoms with E-state index >= 15 is 0 Å². The lowest BCUT2D eigenvalue weighted by atomic mass is 9.96. The summed E-state index contributed by atoms with van der Waals surface area (Å²) < 4.78 is 26.4. The molecule has 0 saturated heterocycles. The van der Waals surface area contributed by atoms with Crippen LogP contribution >= 0.6 is 22.9 Å². The first kappa shape index (κ1) is 26.3. The van der Waals surface area contributed by atoms with Gasteiger partial charge in [-0.1, -0.05) is 35.1 Å². The average Bonchev–Trinajstić information content (AvgIpc) is 3.48. The lowest BCUT2D eigenvalue weighted by Crippen LogP contribution is -2.39. The maximum absolute atomic E-state index is 13.7. The van der Waals surface area contributed by atoms with Crippen LogP contribution in [0.25, 0.3) is 17.4 Å². The number of hydrogen-bond acceptors (Lipinski definition) is 8. The molecule has 1 aliphatic rings. The van der Waals surface area contributed by atoms with Gasteiger partial charge in [-0.15, -0.1) is 0 Å². The Morgan fingerprint density at radius 2 is 2.00 bits per heavy atom. The van der Waals surface area contributed by atoms with Crippen LogP contribution in [0.15, 0.2) is 80.1 Å². The van der Waals surface area contributed by atoms with Crippen LogP contribution in [0.2, 0.25) is 5.02 Å². The van der Waals surface area contributed by atoms with Crippen molar-refractivity contribution in [3.8, 4) is 11.3 Å². The number of nitrogens with zero attached hydrogens (tertiary/aromatic N) is 3. The fourth-order valence-corrected chi connectivity index (χ4v) is 5.51. The van der Waals surface area contributed by atoms with Gasteiger partial charge in [0.2, 0.25) is 0 Å². The molecule has 3 heterocycles. The minimum Gasteiger partial charge on any atom is -0.463 e. The number of halogens is 2. The van der Waals surface area contributed by atoms with Gasteiger partial charge >= 0.3 is 5.97 Å². The van der Waals surface area contributed by atoms with Crippen molar-refractivity contribution in [1.82, 2.24) is 4.57 Å². The van der Waals surface area contributed by atoms with Gasteiger partial charge in [0.05, 0.1) is 38.4 Å². The zero-order chi connectivity index (χ0) is 27.8. The zero-order valence-corrected chi connectivity index (χ0v) is 22.1. The number of hydrogen-bond donors (Lipinski definition) is 0. The maximum atomic E-state index is 13.7. The van der Waals surface area contributed by atoms with Crippen LogP contribution in [0.4, 0.5) is 10.1 Å². The molecule has 0 saturated carbocycles. The van der Waals surface area contributed by atoms with E-state index in [1.807, 2.05) is 0 Å². The number of fused-ring (bicyclic) bond motifs is 1. The average molecular weight is 568 g/mol. The number of ether oxygens (including phenoxy) is 1. The molecule has 5 rings (SSSR count). The van der Waals surface area contributed by atoms with Gasteiger partial charge in [-0.05, 0) is 49.7 Å². The number of carbonyl (C=O) groups is 1. The van der Waals surface area contributed by atoms with Crippen molar-refractivity contribution in [2.75, 3.05) is 6.61 Å². The van der Waals surface area contributed by atoms with Gasteiger partial charge in [-0.3, -0.25) is 19.5 Å². The number of rotatable bonds is 6. The number of carbonyl (C=O) groups excluding carboxylic acids is 1. The summed E-state index contributed by atoms with van der Waals surface area (Å²) in [5.41, 5.74) is 0.835. The number of nitro benzene ring substituents is 1. The molecule has 39 heavy (non-hydrogen) atoms. The highest BCUT2D eigenvalue weighted by molar-refractivity contribution is 7.07. The first-order valence-corrected chi connectivity index (χ1v) is 12.9. The molecule has 2 aromatic carbocycles. The first-order chi connectivity index (χ1) is 18.7. The lowest BCUT2D eigenvalue weighted by Gasteiger charge is -2.24. The Labute approximate surface area is 228 Å². The van der Waals surface area contributed by atoms with Crippen LogP contribution in [0.1, 0.15) is 31.2 Å². The maximum Gasteiger partial charge on any atom is 0.338 e. The molecule has 0 fully saturated rings. The Bertz CT molecular complexity index is 1840. The Balaban J connectivity index is 1.62. The second kappa shape index (κ2) is 10.4. The molecule has 0 radical (unpaired) electrons. The number of esters is 1. The van der Waals surface area contributed by atoms with Crippen LogP contribution in [0.5, 0.6) is 0 Å². The van der Waals surface area contributed by atoms with Crippen molar-refractivity contribution in [3.63, 3.8) is 0 Å². The van der Waals surface area contributed by atoms with Crippen LogP contribution in [-0.4, -0.2) is 22.1 Å². The SMILES string of the molecule is CCOC(=O)C1=C(C)N=c2s/c(=C\c3ccc(-c4cc([N+](=O)[O-])ccc4Cl)o3)c(=O)n2C1c1ccc(F)cc1. The highest BCUT2D eigenvalue weighted by Gasteiger charge is 2.33. The van der Waals surface area contributed by atoms with Gasteiger partial charge in [-0.2, -0.15) is 0 Å². The number of nitro groups is 1. The Morgan fingerprint density at radius 3 is 2.69 bits per heavy atom. The van der Waals surface area contributed by atoms with Crippen molar-refractivity contribution in [1.29, 1.82) is 0 Å². The lowest BCUT2D eigenvalue weighted by molar-refractivity contribution is -0.384. The summed E-state index contributed by atoms with van der Waals surface area (Å²) in [4.78, 5) is 42.0. The fourth-order valence-electron chi connectivity index (χ4n) is 4.27. The van der Waals surface area contributed by atoms with E-state index in [2.05, 4.69) is 4.99 Å². The van der Waals surface area contributed by atoms with Crippen molar-refractivity contribution >= 4 is 40.7 Å². The van der Waals surface area contributed by atoms with Crippen LogP contribution in [-0.2, 0) is 9.53 Å². The van der Waals surface area contributed by atoms with Gasteiger partial charge in [0.15, 0.2) is 4.80 Å². The van der Waals surface area contributed by atoms with Gasteiger partial charge in [0.25, 0.3) is 11.2 Å². The number of furan rings is 1. The predicted molar refractivity (Wildman–Crippen MR) is 143 cm³/mol. The highest BCUT2D eigenvalue weighted by Crippen LogP contribution is 2.33. The molecule has 9 nitrogen and oxygen atoms in total. The standard InChI is InChI=1S/C27H19ClFN3O6S/c1-3-37-26(34)23-14(2)30-27-31(24(23)15-4-6-16(29)7-5-15)25(33)22(39-27)13-18-9-11-21(38-18)19-12-17(32(35)36)8-10-20(19)28/h4-13,24H,3H2,1-2H3/b22-13-. The van der Waals surface area contributed by atoms with Gasteiger partial charge < -0.3 is 9.15 Å². The zero-order valence-electron chi connectivity index (χ0n) is 20.5. The van der Waals surface area contributed by atoms with E-state index in [9.17, 15) is 24.1 Å². The van der Waals surface area contributed by atoms with Gasteiger partial charge in [0, 0.05) is 23.8 Å². The molecule has 1 unspecified atom stereocenters. The van der Waals surface area contributed by atoms with E-state index in [4.69, 9.17) is 20.8 Å². The summed E-state index contributed by atoms with van der Waals surface area (Å²) in [5, 5.41) is 11.4. The smallest absolute Gasteiger partial charge is 0.338 e. The van der Waals surface area contributed by atoms with Crippen LogP contribution in [0.3, 0.4) is 0 Å². The molecule has 0 aliphatic carbocycles. The molecule has 0 bridgehead atoms. The number of aromatic nitrogens is 1. The minimum atomic E-state index is -0.876. The van der Waals surface area contributed by atoms with Gasteiger partial charge in [0.1, 0.15) is 17.3 Å². The van der Waals surface area contributed by atoms with E-state index in [1.54, 1.807) is 26.0 Å². The molecule has 4 aromatic rings. The Morgan fingerprint density at radius 1 is 1.26 bits per heavy atom. The predicted octanol–water partition coefficient (Wildman–Crippen LogP) is 4.76. The molecule has 2 aromatic heterocycles. The molecule has 0 N–H and O–H groups in total. The number of benzene rings is 2. The van der Waals surface area contributed by atoms with E-state index in [-0.39, 0.29) is 33.2 Å². The molecule has 0 spiro atoms.